The second kappa shape index (κ2) is 8.59. The second-order valence-electron chi connectivity index (χ2n) is 5.27. The molecule has 2 aromatic carbocycles. The fourth-order valence-electron chi connectivity index (χ4n) is 2.13. The van der Waals surface area contributed by atoms with E-state index in [9.17, 15) is 22.0 Å². The molecular weight excluding hydrogens is 432 g/mol. The van der Waals surface area contributed by atoms with E-state index < -0.39 is 22.4 Å². The van der Waals surface area contributed by atoms with E-state index in [4.69, 9.17) is 4.74 Å². The molecular formula is C17H16BrF2NO4S. The van der Waals surface area contributed by atoms with Crippen LogP contribution in [-0.4, -0.2) is 20.9 Å². The van der Waals surface area contributed by atoms with Crippen molar-refractivity contribution in [1.29, 1.82) is 0 Å². The van der Waals surface area contributed by atoms with Crippen LogP contribution in [0.5, 0.6) is 5.75 Å². The largest absolute Gasteiger partial charge is 0.493 e. The Bertz CT molecular complexity index is 886. The highest BCUT2D eigenvalue weighted by Gasteiger charge is 2.19. The monoisotopic (exact) mass is 447 g/mol. The first-order valence-electron chi connectivity index (χ1n) is 7.58. The fraction of sp³-hybridized carbons (Fsp3) is 0.235. The van der Waals surface area contributed by atoms with E-state index in [2.05, 4.69) is 15.9 Å². The first kappa shape index (κ1) is 20.3. The van der Waals surface area contributed by atoms with Crippen LogP contribution in [0, 0.1) is 0 Å². The number of hydrogen-bond donors (Lipinski definition) is 1. The van der Waals surface area contributed by atoms with Crippen molar-refractivity contribution in [2.75, 3.05) is 6.61 Å². The first-order chi connectivity index (χ1) is 12.2. The van der Waals surface area contributed by atoms with Crippen molar-refractivity contribution >= 4 is 31.9 Å². The lowest BCUT2D eigenvalue weighted by atomic mass is 10.1. The van der Waals surface area contributed by atoms with Gasteiger partial charge in [0.1, 0.15) is 5.75 Å². The summed E-state index contributed by atoms with van der Waals surface area (Å²) in [6.07, 6.45) is -2.85. The van der Waals surface area contributed by atoms with E-state index in [-0.39, 0.29) is 16.9 Å². The number of nitrogens with one attached hydrogen (secondary N) is 1. The van der Waals surface area contributed by atoms with E-state index in [0.717, 1.165) is 0 Å². The topological polar surface area (TPSA) is 72.5 Å². The molecule has 0 unspecified atom stereocenters. The summed E-state index contributed by atoms with van der Waals surface area (Å²) < 4.78 is 57.3. The molecule has 0 atom stereocenters. The number of carbonyl (C=O) groups is 1. The highest BCUT2D eigenvalue weighted by atomic mass is 79.9. The maximum absolute atomic E-state index is 12.5. The number of benzene rings is 2. The lowest BCUT2D eigenvalue weighted by Gasteiger charge is -2.10. The predicted molar refractivity (Wildman–Crippen MR) is 95.7 cm³/mol. The molecule has 0 aliphatic carbocycles. The minimum atomic E-state index is -4.06. The van der Waals surface area contributed by atoms with Gasteiger partial charge in [0.2, 0.25) is 5.91 Å². The molecule has 140 valence electrons. The first-order valence-corrected chi connectivity index (χ1v) is 9.85. The normalized spacial score (nSPS) is 11.4. The molecule has 0 heterocycles. The van der Waals surface area contributed by atoms with Gasteiger partial charge in [-0.15, -0.1) is 0 Å². The van der Waals surface area contributed by atoms with E-state index in [1.165, 1.54) is 42.5 Å². The summed E-state index contributed by atoms with van der Waals surface area (Å²) in [6.45, 7) is 2.22. The molecule has 0 spiro atoms. The van der Waals surface area contributed by atoms with E-state index in [1.807, 2.05) is 4.72 Å². The molecule has 9 heteroatoms. The van der Waals surface area contributed by atoms with Crippen LogP contribution in [0.15, 0.2) is 51.8 Å². The minimum Gasteiger partial charge on any atom is -0.493 e. The van der Waals surface area contributed by atoms with E-state index in [0.29, 0.717) is 22.4 Å². The van der Waals surface area contributed by atoms with Crippen LogP contribution >= 0.6 is 15.9 Å². The SMILES string of the molecule is CCOc1ccc(S(=O)(=O)NC(=O)Cc2ccc(C(F)F)cc2)cc1Br. The van der Waals surface area contributed by atoms with Crippen LogP contribution < -0.4 is 9.46 Å². The Labute approximate surface area is 158 Å². The molecule has 0 aromatic heterocycles. The zero-order valence-electron chi connectivity index (χ0n) is 13.7. The van der Waals surface area contributed by atoms with Gasteiger partial charge in [-0.3, -0.25) is 4.79 Å². The summed E-state index contributed by atoms with van der Waals surface area (Å²) >= 11 is 3.22. The second-order valence-corrected chi connectivity index (χ2v) is 7.81. The number of amides is 1. The average Bonchev–Trinajstić information content (AvgIpc) is 2.56. The van der Waals surface area contributed by atoms with Gasteiger partial charge in [-0.1, -0.05) is 24.3 Å². The highest BCUT2D eigenvalue weighted by molar-refractivity contribution is 9.10. The minimum absolute atomic E-state index is 0.103. The van der Waals surface area contributed by atoms with Crippen molar-refractivity contribution in [3.63, 3.8) is 0 Å². The molecule has 26 heavy (non-hydrogen) atoms. The maximum atomic E-state index is 12.5. The molecule has 1 amide bonds. The van der Waals surface area contributed by atoms with Gasteiger partial charge in [0.05, 0.1) is 22.4 Å². The fourth-order valence-corrected chi connectivity index (χ4v) is 3.79. The number of carbonyl (C=O) groups excluding carboxylic acids is 1. The number of halogens is 3. The Morgan fingerprint density at radius 1 is 1.19 bits per heavy atom. The van der Waals surface area contributed by atoms with Crippen molar-refractivity contribution in [1.82, 2.24) is 4.72 Å². The van der Waals surface area contributed by atoms with Gasteiger partial charge in [-0.05, 0) is 46.6 Å². The Balaban J connectivity index is 2.08. The van der Waals surface area contributed by atoms with E-state index in [1.54, 1.807) is 6.92 Å². The highest BCUT2D eigenvalue weighted by Crippen LogP contribution is 2.27. The Hall–Kier alpha value is -2.00. The maximum Gasteiger partial charge on any atom is 0.264 e. The van der Waals surface area contributed by atoms with Crippen LogP contribution in [0.2, 0.25) is 0 Å². The smallest absolute Gasteiger partial charge is 0.264 e. The summed E-state index contributed by atoms with van der Waals surface area (Å²) in [5.74, 6) is -0.281. The molecule has 0 saturated carbocycles. The van der Waals surface area contributed by atoms with Crippen LogP contribution in [0.3, 0.4) is 0 Å². The molecule has 0 bridgehead atoms. The Morgan fingerprint density at radius 3 is 2.38 bits per heavy atom. The van der Waals surface area contributed by atoms with Crippen molar-refractivity contribution in [2.45, 2.75) is 24.7 Å². The predicted octanol–water partition coefficient (Wildman–Crippen LogP) is 3.83. The average molecular weight is 448 g/mol. The third-order valence-corrected chi connectivity index (χ3v) is 5.35. The quantitative estimate of drug-likeness (QED) is 0.699. The molecule has 0 radical (unpaired) electrons. The van der Waals surface area contributed by atoms with Gasteiger partial charge in [-0.2, -0.15) is 0 Å². The zero-order chi connectivity index (χ0) is 19.3. The van der Waals surface area contributed by atoms with Crippen molar-refractivity contribution in [3.8, 4) is 5.75 Å². The number of sulfonamides is 1. The van der Waals surface area contributed by atoms with E-state index >= 15 is 0 Å². The molecule has 2 rings (SSSR count). The molecule has 5 nitrogen and oxygen atoms in total. The number of rotatable bonds is 7. The lowest BCUT2D eigenvalue weighted by molar-refractivity contribution is -0.118. The van der Waals surface area contributed by atoms with Crippen molar-refractivity contribution < 1.29 is 26.7 Å². The Kier molecular flexibility index (Phi) is 6.71. The van der Waals surface area contributed by atoms with Crippen molar-refractivity contribution in [2.24, 2.45) is 0 Å². The van der Waals surface area contributed by atoms with Crippen LogP contribution in [0.1, 0.15) is 24.5 Å². The number of ether oxygens (including phenoxy) is 1. The lowest BCUT2D eigenvalue weighted by Crippen LogP contribution is -2.31. The summed E-state index contributed by atoms with van der Waals surface area (Å²) in [4.78, 5) is 11.9. The van der Waals surface area contributed by atoms with Crippen LogP contribution in [-0.2, 0) is 21.2 Å². The molecule has 2 aromatic rings. The van der Waals surface area contributed by atoms with Gasteiger partial charge in [0.25, 0.3) is 16.4 Å². The number of hydrogen-bond acceptors (Lipinski definition) is 4. The van der Waals surface area contributed by atoms with Gasteiger partial charge >= 0.3 is 0 Å². The number of alkyl halides is 2. The van der Waals surface area contributed by atoms with Crippen LogP contribution in [0.25, 0.3) is 0 Å². The third kappa shape index (κ3) is 5.25. The Morgan fingerprint density at radius 2 is 1.85 bits per heavy atom. The molecule has 0 fully saturated rings. The molecule has 1 N–H and O–H groups in total. The third-order valence-electron chi connectivity index (χ3n) is 3.36. The molecule has 0 aliphatic heterocycles. The zero-order valence-corrected chi connectivity index (χ0v) is 16.1. The van der Waals surface area contributed by atoms with Gasteiger partial charge in [0, 0.05) is 5.56 Å². The standard InChI is InChI=1S/C17H16BrF2NO4S/c1-2-25-15-8-7-13(10-14(15)18)26(23,24)21-16(22)9-11-3-5-12(6-4-11)17(19)20/h3-8,10,17H,2,9H2,1H3,(H,21,22). The molecule has 0 saturated heterocycles. The molecule has 0 aliphatic rings. The van der Waals surface area contributed by atoms with Crippen LogP contribution in [0.4, 0.5) is 8.78 Å². The summed E-state index contributed by atoms with van der Waals surface area (Å²) in [6, 6.07) is 9.26. The summed E-state index contributed by atoms with van der Waals surface area (Å²) in [5, 5.41) is 0. The summed E-state index contributed by atoms with van der Waals surface area (Å²) in [5.41, 5.74) is 0.260. The van der Waals surface area contributed by atoms with Gasteiger partial charge < -0.3 is 4.74 Å². The summed E-state index contributed by atoms with van der Waals surface area (Å²) in [7, 11) is -4.06. The van der Waals surface area contributed by atoms with Gasteiger partial charge in [0.15, 0.2) is 0 Å². The van der Waals surface area contributed by atoms with Gasteiger partial charge in [-0.25, -0.2) is 21.9 Å². The van der Waals surface area contributed by atoms with Crippen molar-refractivity contribution in [3.05, 3.63) is 58.1 Å².